The molecule has 0 saturated heterocycles. The minimum Gasteiger partial charge on any atom is -0.494 e. The maximum Gasteiger partial charge on any atom is 0.119 e. The maximum absolute atomic E-state index is 6.01. The minimum absolute atomic E-state index is 0.738. The highest BCUT2D eigenvalue weighted by molar-refractivity contribution is 5.65. The van der Waals surface area contributed by atoms with Crippen molar-refractivity contribution < 1.29 is 9.47 Å². The molecule has 4 aromatic rings. The first-order valence-corrected chi connectivity index (χ1v) is 17.7. The van der Waals surface area contributed by atoms with E-state index >= 15 is 0 Å². The highest BCUT2D eigenvalue weighted by atomic mass is 16.5. The Morgan fingerprint density at radius 1 is 0.400 bits per heavy atom. The number of ether oxygens (including phenoxy) is 2. The second-order valence-electron chi connectivity index (χ2n) is 13.0. The number of hydrogen-bond acceptors (Lipinski definition) is 2. The van der Waals surface area contributed by atoms with E-state index in [1.165, 1.54) is 78.3 Å². The molecule has 0 radical (unpaired) electrons. The SMILES string of the molecule is CC[C@@H](C)Cc1ccc(-c2ccc(OCCCCCCCCCOc3ccc(-c4ccc(C[C@@H](C)CC)cc4)cc3)cc2)cc1. The fourth-order valence-corrected chi connectivity index (χ4v) is 5.72. The van der Waals surface area contributed by atoms with Crippen molar-refractivity contribution in [2.24, 2.45) is 11.8 Å². The van der Waals surface area contributed by atoms with E-state index in [0.717, 1.165) is 62.2 Å². The predicted octanol–water partition coefficient (Wildman–Crippen LogP) is 12.4. The van der Waals surface area contributed by atoms with Crippen molar-refractivity contribution in [2.75, 3.05) is 13.2 Å². The summed E-state index contributed by atoms with van der Waals surface area (Å²) in [6, 6.07) is 35.2. The van der Waals surface area contributed by atoms with Gasteiger partial charge >= 0.3 is 0 Å². The lowest BCUT2D eigenvalue weighted by Crippen LogP contribution is -1.98. The number of rotatable bonds is 20. The van der Waals surface area contributed by atoms with Crippen molar-refractivity contribution in [3.05, 3.63) is 108 Å². The summed E-state index contributed by atoms with van der Waals surface area (Å²) in [5.41, 5.74) is 7.88. The van der Waals surface area contributed by atoms with Crippen molar-refractivity contribution in [1.82, 2.24) is 0 Å². The molecule has 240 valence electrons. The Labute approximate surface area is 274 Å². The molecule has 2 atom stereocenters. The number of hydrogen-bond donors (Lipinski definition) is 0. The summed E-state index contributed by atoms with van der Waals surface area (Å²) < 4.78 is 12.0. The molecule has 0 unspecified atom stereocenters. The van der Waals surface area contributed by atoms with Crippen molar-refractivity contribution in [2.45, 2.75) is 98.3 Å². The van der Waals surface area contributed by atoms with Gasteiger partial charge in [0.2, 0.25) is 0 Å². The van der Waals surface area contributed by atoms with Gasteiger partial charge < -0.3 is 9.47 Å². The molecule has 0 aromatic heterocycles. The molecule has 0 bridgehead atoms. The lowest BCUT2D eigenvalue weighted by molar-refractivity contribution is 0.300. The zero-order valence-corrected chi connectivity index (χ0v) is 28.4. The van der Waals surface area contributed by atoms with Gasteiger partial charge in [0.1, 0.15) is 11.5 Å². The van der Waals surface area contributed by atoms with E-state index in [1.54, 1.807) is 0 Å². The van der Waals surface area contributed by atoms with Crippen molar-refractivity contribution in [1.29, 1.82) is 0 Å². The summed E-state index contributed by atoms with van der Waals surface area (Å²) in [6.45, 7) is 10.7. The van der Waals surface area contributed by atoms with Crippen LogP contribution in [-0.4, -0.2) is 13.2 Å². The molecule has 45 heavy (non-hydrogen) atoms. The average Bonchev–Trinajstić information content (AvgIpc) is 3.08. The summed E-state index contributed by atoms with van der Waals surface area (Å²) in [6.07, 6.45) is 13.3. The molecule has 0 spiro atoms. The van der Waals surface area contributed by atoms with Gasteiger partial charge in [-0.1, -0.05) is 145 Å². The highest BCUT2D eigenvalue weighted by Gasteiger charge is 2.05. The van der Waals surface area contributed by atoms with Crippen LogP contribution in [-0.2, 0) is 12.8 Å². The smallest absolute Gasteiger partial charge is 0.119 e. The van der Waals surface area contributed by atoms with Crippen LogP contribution in [0.4, 0.5) is 0 Å². The third kappa shape index (κ3) is 12.1. The summed E-state index contributed by atoms with van der Waals surface area (Å²) in [5.74, 6) is 3.41. The fourth-order valence-electron chi connectivity index (χ4n) is 5.72. The fraction of sp³-hybridized carbons (Fsp3) is 0.442. The van der Waals surface area contributed by atoms with E-state index in [1.807, 2.05) is 0 Å². The second-order valence-corrected chi connectivity index (χ2v) is 13.0. The highest BCUT2D eigenvalue weighted by Crippen LogP contribution is 2.25. The quantitative estimate of drug-likeness (QED) is 0.0934. The van der Waals surface area contributed by atoms with Gasteiger partial charge in [-0.2, -0.15) is 0 Å². The van der Waals surface area contributed by atoms with Gasteiger partial charge in [-0.25, -0.2) is 0 Å². The first kappa shape index (κ1) is 34.4. The molecule has 0 heterocycles. The molecule has 0 N–H and O–H groups in total. The van der Waals surface area contributed by atoms with Gasteiger partial charge in [0.25, 0.3) is 0 Å². The Morgan fingerprint density at radius 2 is 0.689 bits per heavy atom. The van der Waals surface area contributed by atoms with Crippen LogP contribution in [0.25, 0.3) is 22.3 Å². The van der Waals surface area contributed by atoms with E-state index in [0.29, 0.717) is 0 Å². The van der Waals surface area contributed by atoms with Gasteiger partial charge in [0, 0.05) is 0 Å². The first-order chi connectivity index (χ1) is 22.0. The van der Waals surface area contributed by atoms with Gasteiger partial charge in [-0.3, -0.25) is 0 Å². The molecule has 4 rings (SSSR count). The summed E-state index contributed by atoms with van der Waals surface area (Å²) in [4.78, 5) is 0. The number of benzene rings is 4. The normalized spacial score (nSPS) is 12.5. The van der Waals surface area contributed by atoms with E-state index in [4.69, 9.17) is 9.47 Å². The summed E-state index contributed by atoms with van der Waals surface area (Å²) in [5, 5.41) is 0. The van der Waals surface area contributed by atoms with Crippen LogP contribution in [0.3, 0.4) is 0 Å². The largest absolute Gasteiger partial charge is 0.494 e. The predicted molar refractivity (Wildman–Crippen MR) is 193 cm³/mol. The zero-order chi connectivity index (χ0) is 31.7. The van der Waals surface area contributed by atoms with Crippen molar-refractivity contribution >= 4 is 0 Å². The van der Waals surface area contributed by atoms with Gasteiger partial charge in [0.05, 0.1) is 13.2 Å². The third-order valence-corrected chi connectivity index (χ3v) is 9.17. The Morgan fingerprint density at radius 3 is 1.00 bits per heavy atom. The molecule has 0 amide bonds. The van der Waals surface area contributed by atoms with Crippen LogP contribution in [0.1, 0.15) is 96.6 Å². The van der Waals surface area contributed by atoms with E-state index < -0.39 is 0 Å². The molecule has 4 aromatic carbocycles. The van der Waals surface area contributed by atoms with E-state index in [9.17, 15) is 0 Å². The summed E-state index contributed by atoms with van der Waals surface area (Å²) in [7, 11) is 0. The van der Waals surface area contributed by atoms with Crippen LogP contribution in [0.15, 0.2) is 97.1 Å². The average molecular weight is 605 g/mol. The molecule has 0 aliphatic heterocycles. The van der Waals surface area contributed by atoms with Crippen molar-refractivity contribution in [3.8, 4) is 33.8 Å². The molecule has 0 aliphatic carbocycles. The Hall–Kier alpha value is -3.52. The monoisotopic (exact) mass is 604 g/mol. The number of unbranched alkanes of at least 4 members (excludes halogenated alkanes) is 6. The molecule has 0 aliphatic rings. The second kappa shape index (κ2) is 19.1. The minimum atomic E-state index is 0.738. The van der Waals surface area contributed by atoms with Gasteiger partial charge in [0.15, 0.2) is 0 Å². The van der Waals surface area contributed by atoms with Crippen LogP contribution in [0.2, 0.25) is 0 Å². The van der Waals surface area contributed by atoms with Crippen LogP contribution in [0.5, 0.6) is 11.5 Å². The molecule has 2 heteroatoms. The Bertz CT molecular complexity index is 1230. The molecular formula is C43H56O2. The van der Waals surface area contributed by atoms with Crippen molar-refractivity contribution in [3.63, 3.8) is 0 Å². The van der Waals surface area contributed by atoms with Crippen LogP contribution < -0.4 is 9.47 Å². The van der Waals surface area contributed by atoms with Gasteiger partial charge in [-0.05, 0) is 95.2 Å². The van der Waals surface area contributed by atoms with Crippen LogP contribution >= 0.6 is 0 Å². The summed E-state index contributed by atoms with van der Waals surface area (Å²) >= 11 is 0. The lowest BCUT2D eigenvalue weighted by atomic mass is 9.97. The molecular weight excluding hydrogens is 548 g/mol. The van der Waals surface area contributed by atoms with E-state index in [-0.39, 0.29) is 0 Å². The van der Waals surface area contributed by atoms with Gasteiger partial charge in [-0.15, -0.1) is 0 Å². The standard InChI is InChI=1S/C43H56O2/c1-5-34(3)32-36-14-18-38(19-15-36)40-22-26-42(27-23-40)44-30-12-10-8-7-9-11-13-31-45-43-28-24-41(25-29-43)39-20-16-37(17-21-39)33-35(4)6-2/h14-29,34-35H,5-13,30-33H2,1-4H3/t34-,35+. The molecule has 0 fully saturated rings. The Kier molecular flexibility index (Phi) is 14.6. The lowest BCUT2D eigenvalue weighted by Gasteiger charge is -2.10. The molecule has 0 saturated carbocycles. The maximum atomic E-state index is 6.01. The topological polar surface area (TPSA) is 18.5 Å². The first-order valence-electron chi connectivity index (χ1n) is 17.7. The zero-order valence-electron chi connectivity index (χ0n) is 28.4. The van der Waals surface area contributed by atoms with Crippen LogP contribution in [0, 0.1) is 11.8 Å². The molecule has 2 nitrogen and oxygen atoms in total. The third-order valence-electron chi connectivity index (χ3n) is 9.17. The Balaban J connectivity index is 1.01. The van der Waals surface area contributed by atoms with E-state index in [2.05, 4.69) is 125 Å².